The molecule has 1 saturated heterocycles. The van der Waals surface area contributed by atoms with E-state index in [1.165, 1.54) is 5.56 Å². The number of carbonyl (C=O) groups is 1. The third kappa shape index (κ3) is 4.68. The van der Waals surface area contributed by atoms with E-state index in [9.17, 15) is 4.79 Å². The number of benzene rings is 1. The molecule has 4 nitrogen and oxygen atoms in total. The van der Waals surface area contributed by atoms with Gasteiger partial charge in [0.15, 0.2) is 5.78 Å². The van der Waals surface area contributed by atoms with Crippen molar-refractivity contribution < 1.29 is 19.0 Å². The fourth-order valence-electron chi connectivity index (χ4n) is 3.22. The third-order valence-electron chi connectivity index (χ3n) is 4.71. The number of epoxide rings is 1. The first-order valence-corrected chi connectivity index (χ1v) is 8.82. The van der Waals surface area contributed by atoms with E-state index in [4.69, 9.17) is 14.2 Å². The van der Waals surface area contributed by atoms with Crippen LogP contribution in [-0.4, -0.2) is 31.7 Å². The number of rotatable bonds is 10. The lowest BCUT2D eigenvalue weighted by atomic mass is 10.0. The Morgan fingerprint density at radius 3 is 2.71 bits per heavy atom. The molecule has 0 spiro atoms. The summed E-state index contributed by atoms with van der Waals surface area (Å²) in [6.07, 6.45) is 9.56. The predicted octanol–water partition coefficient (Wildman–Crippen LogP) is 3.68. The minimum absolute atomic E-state index is 0.0498. The molecule has 1 aliphatic carbocycles. The number of hydrogen-bond donors (Lipinski definition) is 0. The minimum atomic E-state index is -0.0498. The molecule has 0 radical (unpaired) electrons. The summed E-state index contributed by atoms with van der Waals surface area (Å²) in [6, 6.07) is 7.97. The third-order valence-corrected chi connectivity index (χ3v) is 4.71. The van der Waals surface area contributed by atoms with E-state index < -0.39 is 0 Å². The number of carbonyl (C=O) groups excluding carboxylic acids is 1. The van der Waals surface area contributed by atoms with Crippen molar-refractivity contribution in [2.45, 2.75) is 50.9 Å². The number of fused-ring (bicyclic) bond motifs is 1. The maximum atomic E-state index is 11.4. The van der Waals surface area contributed by atoms with Gasteiger partial charge < -0.3 is 14.2 Å². The maximum Gasteiger partial charge on any atom is 0.164 e. The molecule has 1 heterocycles. The summed E-state index contributed by atoms with van der Waals surface area (Å²) in [4.78, 5) is 11.4. The summed E-state index contributed by atoms with van der Waals surface area (Å²) in [5.74, 6) is 1.59. The van der Waals surface area contributed by atoms with Crippen LogP contribution in [-0.2, 0) is 20.9 Å². The Kier molecular flexibility index (Phi) is 6.05. The SMILES string of the molecule is COc1ccc(COCCCC/C=C\C[C@@H]2CC(=O)C3OC32)cc1. The van der Waals surface area contributed by atoms with Gasteiger partial charge >= 0.3 is 0 Å². The second-order valence-electron chi connectivity index (χ2n) is 6.56. The van der Waals surface area contributed by atoms with Gasteiger partial charge in [-0.25, -0.2) is 0 Å². The number of unbranched alkanes of at least 4 members (excludes halogenated alkanes) is 2. The van der Waals surface area contributed by atoms with Gasteiger partial charge in [-0.2, -0.15) is 0 Å². The molecule has 2 unspecified atom stereocenters. The number of hydrogen-bond acceptors (Lipinski definition) is 4. The zero-order valence-corrected chi connectivity index (χ0v) is 14.3. The summed E-state index contributed by atoms with van der Waals surface area (Å²) in [6.45, 7) is 1.44. The molecule has 4 heteroatoms. The Hall–Kier alpha value is -1.65. The van der Waals surface area contributed by atoms with Crippen LogP contribution >= 0.6 is 0 Å². The van der Waals surface area contributed by atoms with E-state index >= 15 is 0 Å². The second kappa shape index (κ2) is 8.45. The molecule has 1 saturated carbocycles. The van der Waals surface area contributed by atoms with E-state index in [2.05, 4.69) is 12.2 Å². The van der Waals surface area contributed by atoms with Gasteiger partial charge in [0, 0.05) is 13.0 Å². The summed E-state index contributed by atoms with van der Waals surface area (Å²) >= 11 is 0. The molecule has 0 bridgehead atoms. The van der Waals surface area contributed by atoms with E-state index in [1.807, 2.05) is 24.3 Å². The minimum Gasteiger partial charge on any atom is -0.497 e. The summed E-state index contributed by atoms with van der Waals surface area (Å²) < 4.78 is 16.2. The first-order valence-electron chi connectivity index (χ1n) is 8.82. The topological polar surface area (TPSA) is 48.1 Å². The van der Waals surface area contributed by atoms with Crippen LogP contribution in [0.2, 0.25) is 0 Å². The number of ketones is 1. The number of methoxy groups -OCH3 is 1. The first-order chi connectivity index (χ1) is 11.8. The Balaban J connectivity index is 1.19. The standard InChI is InChI=1S/C20H26O4/c1-22-17-10-8-15(9-11-17)14-23-12-6-4-2-3-5-7-16-13-18(21)20-19(16)24-20/h3,5,8-11,16,19-20H,2,4,6-7,12-14H2,1H3/b5-3-/t16-,19?,20?/m1/s1. The van der Waals surface area contributed by atoms with E-state index in [-0.39, 0.29) is 12.2 Å². The van der Waals surface area contributed by atoms with Crippen LogP contribution in [0.5, 0.6) is 5.75 Å². The quantitative estimate of drug-likeness (QED) is 0.373. The highest BCUT2D eigenvalue weighted by molar-refractivity contribution is 5.89. The van der Waals surface area contributed by atoms with Crippen molar-refractivity contribution in [3.8, 4) is 5.75 Å². The molecule has 0 aromatic heterocycles. The van der Waals surface area contributed by atoms with Gasteiger partial charge in [0.1, 0.15) is 11.9 Å². The predicted molar refractivity (Wildman–Crippen MR) is 92.0 cm³/mol. The van der Waals surface area contributed by atoms with Crippen molar-refractivity contribution in [1.29, 1.82) is 0 Å². The van der Waals surface area contributed by atoms with Crippen LogP contribution in [0.1, 0.15) is 37.7 Å². The van der Waals surface area contributed by atoms with Gasteiger partial charge in [0.2, 0.25) is 0 Å². The molecule has 24 heavy (non-hydrogen) atoms. The Morgan fingerprint density at radius 2 is 2.04 bits per heavy atom. The summed E-state index contributed by atoms with van der Waals surface area (Å²) in [5.41, 5.74) is 1.17. The number of allylic oxidation sites excluding steroid dienone is 2. The fourth-order valence-corrected chi connectivity index (χ4v) is 3.22. The molecular weight excluding hydrogens is 304 g/mol. The van der Waals surface area contributed by atoms with E-state index in [0.29, 0.717) is 24.7 Å². The molecule has 3 rings (SSSR count). The van der Waals surface area contributed by atoms with Crippen molar-refractivity contribution in [1.82, 2.24) is 0 Å². The maximum absolute atomic E-state index is 11.4. The van der Waals surface area contributed by atoms with Gasteiger partial charge in [-0.05, 0) is 49.3 Å². The van der Waals surface area contributed by atoms with Crippen molar-refractivity contribution >= 4 is 5.78 Å². The van der Waals surface area contributed by atoms with Crippen molar-refractivity contribution in [3.63, 3.8) is 0 Å². The Morgan fingerprint density at radius 1 is 1.21 bits per heavy atom. The zero-order chi connectivity index (χ0) is 16.8. The Labute approximate surface area is 143 Å². The highest BCUT2D eigenvalue weighted by Gasteiger charge is 2.55. The number of ether oxygens (including phenoxy) is 3. The van der Waals surface area contributed by atoms with Crippen LogP contribution in [0.4, 0.5) is 0 Å². The van der Waals surface area contributed by atoms with E-state index in [0.717, 1.165) is 38.0 Å². The largest absolute Gasteiger partial charge is 0.497 e. The van der Waals surface area contributed by atoms with Gasteiger partial charge in [0.25, 0.3) is 0 Å². The molecule has 1 aliphatic heterocycles. The van der Waals surface area contributed by atoms with Gasteiger partial charge in [0.05, 0.1) is 19.8 Å². The van der Waals surface area contributed by atoms with Crippen molar-refractivity contribution in [2.24, 2.45) is 5.92 Å². The van der Waals surface area contributed by atoms with Crippen molar-refractivity contribution in [2.75, 3.05) is 13.7 Å². The van der Waals surface area contributed by atoms with Crippen LogP contribution in [0.25, 0.3) is 0 Å². The molecule has 130 valence electrons. The second-order valence-corrected chi connectivity index (χ2v) is 6.56. The molecule has 2 aliphatic rings. The molecule has 2 fully saturated rings. The van der Waals surface area contributed by atoms with Crippen LogP contribution < -0.4 is 4.74 Å². The summed E-state index contributed by atoms with van der Waals surface area (Å²) in [5, 5.41) is 0. The number of Topliss-reactive ketones (excluding diaryl/α,β-unsaturated/α-hetero) is 1. The lowest BCUT2D eigenvalue weighted by molar-refractivity contribution is -0.120. The normalized spacial score (nSPS) is 25.2. The molecule has 3 atom stereocenters. The molecule has 0 N–H and O–H groups in total. The molecule has 0 amide bonds. The summed E-state index contributed by atoms with van der Waals surface area (Å²) in [7, 11) is 1.67. The van der Waals surface area contributed by atoms with Gasteiger partial charge in [-0.3, -0.25) is 4.79 Å². The molecule has 1 aromatic rings. The lowest BCUT2D eigenvalue weighted by Gasteiger charge is -2.06. The van der Waals surface area contributed by atoms with E-state index in [1.54, 1.807) is 7.11 Å². The fraction of sp³-hybridized carbons (Fsp3) is 0.550. The lowest BCUT2D eigenvalue weighted by Crippen LogP contribution is -2.04. The smallest absolute Gasteiger partial charge is 0.164 e. The van der Waals surface area contributed by atoms with Crippen LogP contribution in [0.15, 0.2) is 36.4 Å². The molecule has 1 aromatic carbocycles. The first kappa shape index (κ1) is 17.2. The van der Waals surface area contributed by atoms with Crippen LogP contribution in [0, 0.1) is 5.92 Å². The van der Waals surface area contributed by atoms with Gasteiger partial charge in [-0.1, -0.05) is 24.3 Å². The highest BCUT2D eigenvalue weighted by Crippen LogP contribution is 2.42. The van der Waals surface area contributed by atoms with Gasteiger partial charge in [-0.15, -0.1) is 0 Å². The van der Waals surface area contributed by atoms with Crippen LogP contribution in [0.3, 0.4) is 0 Å². The average Bonchev–Trinajstić information content (AvgIpc) is 3.34. The molecular formula is C20H26O4. The zero-order valence-electron chi connectivity index (χ0n) is 14.3. The monoisotopic (exact) mass is 330 g/mol. The van der Waals surface area contributed by atoms with Crippen molar-refractivity contribution in [3.05, 3.63) is 42.0 Å². The highest BCUT2D eigenvalue weighted by atomic mass is 16.6. The average molecular weight is 330 g/mol. The Bertz CT molecular complexity index is 564.